The molecule has 0 fully saturated rings. The Kier molecular flexibility index (Phi) is 4.77. The van der Waals surface area contributed by atoms with Crippen molar-refractivity contribution in [1.82, 2.24) is 9.97 Å². The van der Waals surface area contributed by atoms with Gasteiger partial charge in [-0.05, 0) is 51.0 Å². The van der Waals surface area contributed by atoms with E-state index in [1.54, 1.807) is 13.8 Å². The zero-order chi connectivity index (χ0) is 17.2. The Bertz CT molecular complexity index is 676. The number of rotatable bonds is 4. The predicted octanol–water partition coefficient (Wildman–Crippen LogP) is 4.68. The summed E-state index contributed by atoms with van der Waals surface area (Å²) in [6.45, 7) is 7.46. The van der Waals surface area contributed by atoms with Gasteiger partial charge in [0.25, 0.3) is 0 Å². The lowest BCUT2D eigenvalue weighted by atomic mass is 10.1. The van der Waals surface area contributed by atoms with E-state index in [1.807, 2.05) is 32.0 Å². The molecule has 0 aliphatic carbocycles. The Morgan fingerprint density at radius 2 is 1.57 bits per heavy atom. The molecule has 7 heteroatoms. The lowest BCUT2D eigenvalue weighted by molar-refractivity contribution is -0.141. The average molecular weight is 324 g/mol. The maximum Gasteiger partial charge on any atom is 0.433 e. The Hall–Kier alpha value is -2.31. The molecule has 1 aromatic heterocycles. The fourth-order valence-electron chi connectivity index (χ4n) is 2.17. The van der Waals surface area contributed by atoms with Crippen LogP contribution in [0.3, 0.4) is 0 Å². The van der Waals surface area contributed by atoms with Crippen LogP contribution in [0.2, 0.25) is 0 Å². The van der Waals surface area contributed by atoms with Crippen LogP contribution in [-0.4, -0.2) is 16.0 Å². The van der Waals surface area contributed by atoms with Crippen LogP contribution in [-0.2, 0) is 6.18 Å². The highest BCUT2D eigenvalue weighted by Crippen LogP contribution is 2.30. The van der Waals surface area contributed by atoms with Gasteiger partial charge in [-0.25, -0.2) is 4.98 Å². The maximum atomic E-state index is 13.0. The van der Waals surface area contributed by atoms with E-state index in [4.69, 9.17) is 0 Å². The number of aryl methyl sites for hydroxylation is 2. The van der Waals surface area contributed by atoms with Crippen LogP contribution >= 0.6 is 0 Å². The number of aromatic nitrogens is 2. The van der Waals surface area contributed by atoms with Gasteiger partial charge in [0.05, 0.1) is 0 Å². The van der Waals surface area contributed by atoms with Gasteiger partial charge >= 0.3 is 6.18 Å². The van der Waals surface area contributed by atoms with E-state index in [-0.39, 0.29) is 17.8 Å². The van der Waals surface area contributed by atoms with Crippen molar-refractivity contribution in [2.75, 3.05) is 10.6 Å². The van der Waals surface area contributed by atoms with Crippen molar-refractivity contribution in [2.24, 2.45) is 0 Å². The molecule has 0 amide bonds. The van der Waals surface area contributed by atoms with Crippen molar-refractivity contribution in [3.63, 3.8) is 0 Å². The van der Waals surface area contributed by atoms with Gasteiger partial charge in [0.1, 0.15) is 5.82 Å². The van der Waals surface area contributed by atoms with E-state index in [9.17, 15) is 13.2 Å². The minimum absolute atomic E-state index is 0.0540. The van der Waals surface area contributed by atoms with E-state index in [0.717, 1.165) is 17.2 Å². The normalized spacial score (nSPS) is 11.7. The number of halogens is 3. The Balaban J connectivity index is 2.40. The fourth-order valence-corrected chi connectivity index (χ4v) is 2.17. The van der Waals surface area contributed by atoms with Gasteiger partial charge in [0.15, 0.2) is 5.69 Å². The van der Waals surface area contributed by atoms with Crippen LogP contribution in [0.15, 0.2) is 24.3 Å². The van der Waals surface area contributed by atoms with E-state index in [0.29, 0.717) is 5.69 Å². The maximum absolute atomic E-state index is 13.0. The Morgan fingerprint density at radius 3 is 2.09 bits per heavy atom. The molecular weight excluding hydrogens is 305 g/mol. The van der Waals surface area contributed by atoms with E-state index >= 15 is 0 Å². The first-order valence-electron chi connectivity index (χ1n) is 7.21. The summed E-state index contributed by atoms with van der Waals surface area (Å²) in [4.78, 5) is 7.64. The Morgan fingerprint density at radius 1 is 0.957 bits per heavy atom. The molecule has 0 spiro atoms. The minimum Gasteiger partial charge on any atom is -0.352 e. The molecule has 2 aromatic rings. The zero-order valence-electron chi connectivity index (χ0n) is 13.4. The van der Waals surface area contributed by atoms with Gasteiger partial charge in [-0.1, -0.05) is 6.07 Å². The molecule has 0 bridgehead atoms. The van der Waals surface area contributed by atoms with Crippen LogP contribution in [0, 0.1) is 13.8 Å². The van der Waals surface area contributed by atoms with E-state index in [1.165, 1.54) is 0 Å². The molecule has 124 valence electrons. The van der Waals surface area contributed by atoms with Crippen molar-refractivity contribution < 1.29 is 13.2 Å². The monoisotopic (exact) mass is 324 g/mol. The molecule has 1 aromatic carbocycles. The molecular formula is C16H19F3N4. The quantitative estimate of drug-likeness (QED) is 0.857. The van der Waals surface area contributed by atoms with Crippen molar-refractivity contribution in [3.8, 4) is 0 Å². The smallest absolute Gasteiger partial charge is 0.352 e. The molecule has 0 radical (unpaired) electrons. The third-order valence-electron chi connectivity index (χ3n) is 2.93. The largest absolute Gasteiger partial charge is 0.433 e. The van der Waals surface area contributed by atoms with Crippen molar-refractivity contribution in [3.05, 3.63) is 41.1 Å². The molecule has 0 saturated heterocycles. The molecule has 0 saturated carbocycles. The van der Waals surface area contributed by atoms with Crippen LogP contribution in [0.5, 0.6) is 0 Å². The summed E-state index contributed by atoms with van der Waals surface area (Å²) in [5.74, 6) is 0.0437. The molecule has 23 heavy (non-hydrogen) atoms. The number of anilines is 3. The molecule has 4 nitrogen and oxygen atoms in total. The molecule has 0 aliphatic rings. The number of benzene rings is 1. The first kappa shape index (κ1) is 17.1. The summed E-state index contributed by atoms with van der Waals surface area (Å²) in [6, 6.07) is 6.50. The molecule has 1 heterocycles. The minimum atomic E-state index is -4.53. The second kappa shape index (κ2) is 6.44. The molecule has 0 unspecified atom stereocenters. The molecule has 0 atom stereocenters. The fraction of sp³-hybridized carbons (Fsp3) is 0.375. The zero-order valence-corrected chi connectivity index (χ0v) is 13.4. The highest BCUT2D eigenvalue weighted by molar-refractivity contribution is 5.59. The van der Waals surface area contributed by atoms with Crippen molar-refractivity contribution >= 4 is 17.5 Å². The summed E-state index contributed by atoms with van der Waals surface area (Å²) in [5, 5.41) is 5.72. The number of hydrogen-bond acceptors (Lipinski definition) is 4. The number of nitrogens with zero attached hydrogens (tertiary/aromatic N) is 2. The topological polar surface area (TPSA) is 49.8 Å². The van der Waals surface area contributed by atoms with Gasteiger partial charge in [0.2, 0.25) is 5.95 Å². The summed E-state index contributed by atoms with van der Waals surface area (Å²) in [6.07, 6.45) is -4.53. The summed E-state index contributed by atoms with van der Waals surface area (Å²) >= 11 is 0. The van der Waals surface area contributed by atoms with E-state index in [2.05, 4.69) is 20.6 Å². The highest BCUT2D eigenvalue weighted by Gasteiger charge is 2.33. The van der Waals surface area contributed by atoms with Gasteiger partial charge < -0.3 is 10.6 Å². The van der Waals surface area contributed by atoms with Gasteiger partial charge in [-0.3, -0.25) is 0 Å². The van der Waals surface area contributed by atoms with Crippen LogP contribution in [0.1, 0.15) is 30.7 Å². The third kappa shape index (κ3) is 4.84. The molecule has 2 N–H and O–H groups in total. The summed E-state index contributed by atoms with van der Waals surface area (Å²) in [7, 11) is 0. The highest BCUT2D eigenvalue weighted by atomic mass is 19.4. The van der Waals surface area contributed by atoms with Gasteiger partial charge in [-0.2, -0.15) is 18.2 Å². The number of nitrogens with one attached hydrogen (secondary N) is 2. The molecule has 0 aliphatic heterocycles. The number of hydrogen-bond donors (Lipinski definition) is 2. The van der Waals surface area contributed by atoms with Crippen LogP contribution < -0.4 is 10.6 Å². The first-order valence-corrected chi connectivity index (χ1v) is 7.21. The predicted molar refractivity (Wildman–Crippen MR) is 85.0 cm³/mol. The van der Waals surface area contributed by atoms with Crippen molar-refractivity contribution in [1.29, 1.82) is 0 Å². The Labute approximate surface area is 133 Å². The lowest BCUT2D eigenvalue weighted by Gasteiger charge is -2.14. The van der Waals surface area contributed by atoms with Crippen LogP contribution in [0.4, 0.5) is 30.6 Å². The first-order chi connectivity index (χ1) is 10.6. The van der Waals surface area contributed by atoms with E-state index < -0.39 is 11.9 Å². The average Bonchev–Trinajstić information content (AvgIpc) is 2.34. The second-order valence-corrected chi connectivity index (χ2v) is 5.76. The summed E-state index contributed by atoms with van der Waals surface area (Å²) in [5.41, 5.74) is 1.73. The summed E-state index contributed by atoms with van der Waals surface area (Å²) < 4.78 is 39.0. The van der Waals surface area contributed by atoms with Crippen molar-refractivity contribution in [2.45, 2.75) is 39.9 Å². The number of alkyl halides is 3. The lowest BCUT2D eigenvalue weighted by Crippen LogP contribution is -2.17. The second-order valence-electron chi connectivity index (χ2n) is 5.76. The van der Waals surface area contributed by atoms with Gasteiger partial charge in [-0.15, -0.1) is 0 Å². The molecule has 2 rings (SSSR count). The SMILES string of the molecule is Cc1cc(C)cc(Nc2cc(C(F)(F)F)nc(NC(C)C)n2)c1. The van der Waals surface area contributed by atoms with Crippen LogP contribution in [0.25, 0.3) is 0 Å². The van der Waals surface area contributed by atoms with Gasteiger partial charge in [0, 0.05) is 17.8 Å². The standard InChI is InChI=1S/C16H19F3N4/c1-9(2)20-15-22-13(16(17,18)19)8-14(23-15)21-12-6-10(3)5-11(4)7-12/h5-9H,1-4H3,(H2,20,21,22,23). The third-order valence-corrected chi connectivity index (χ3v) is 2.93.